The van der Waals surface area contributed by atoms with Gasteiger partial charge in [0.05, 0.1) is 0 Å². The molecule has 0 saturated carbocycles. The van der Waals surface area contributed by atoms with Crippen LogP contribution in [0.5, 0.6) is 0 Å². The molecular weight excluding hydrogens is 200 g/mol. The van der Waals surface area contributed by atoms with E-state index in [-0.39, 0.29) is 5.97 Å². The maximum absolute atomic E-state index is 11.0. The molecule has 0 bridgehead atoms. The highest BCUT2D eigenvalue weighted by molar-refractivity contribution is 5.66. The fourth-order valence-electron chi connectivity index (χ4n) is 1.56. The number of rotatable bonds is 5. The van der Waals surface area contributed by atoms with Gasteiger partial charge in [0.15, 0.2) is 0 Å². The van der Waals surface area contributed by atoms with Gasteiger partial charge in [-0.3, -0.25) is 4.79 Å². The number of carbonyl (C=O) groups is 1. The highest BCUT2D eigenvalue weighted by Gasteiger charge is 2.23. The third-order valence-corrected chi connectivity index (χ3v) is 2.56. The van der Waals surface area contributed by atoms with Crippen LogP contribution in [-0.2, 0) is 16.0 Å². The lowest BCUT2D eigenvalue weighted by Gasteiger charge is -2.25. The Balaban J connectivity index is 2.58. The molecule has 0 aliphatic carbocycles. The Hall–Kier alpha value is -1.57. The summed E-state index contributed by atoms with van der Waals surface area (Å²) in [6, 6.07) is 10.1. The lowest BCUT2D eigenvalue weighted by molar-refractivity contribution is -0.151. The first-order valence-corrected chi connectivity index (χ1v) is 5.43. The monoisotopic (exact) mass is 218 g/mol. The topological polar surface area (TPSA) is 26.3 Å². The zero-order valence-electron chi connectivity index (χ0n) is 9.90. The van der Waals surface area contributed by atoms with E-state index in [9.17, 15) is 4.79 Å². The van der Waals surface area contributed by atoms with Gasteiger partial charge in [-0.25, -0.2) is 0 Å². The molecule has 0 radical (unpaired) electrons. The molecular formula is C14H18O2. The van der Waals surface area contributed by atoms with E-state index in [0.717, 1.165) is 12.8 Å². The summed E-state index contributed by atoms with van der Waals surface area (Å²) < 4.78 is 5.25. The quantitative estimate of drug-likeness (QED) is 0.560. The third-order valence-electron chi connectivity index (χ3n) is 2.56. The minimum absolute atomic E-state index is 0.268. The van der Waals surface area contributed by atoms with Gasteiger partial charge in [0.1, 0.15) is 5.60 Å². The van der Waals surface area contributed by atoms with Crippen molar-refractivity contribution >= 4 is 5.97 Å². The predicted octanol–water partition coefficient (Wildman–Crippen LogP) is 3.13. The first kappa shape index (κ1) is 12.5. The van der Waals surface area contributed by atoms with Gasteiger partial charge in [-0.1, -0.05) is 36.9 Å². The van der Waals surface area contributed by atoms with Gasteiger partial charge in [0, 0.05) is 6.92 Å². The zero-order valence-corrected chi connectivity index (χ0v) is 9.90. The van der Waals surface area contributed by atoms with E-state index in [1.54, 1.807) is 6.08 Å². The molecule has 0 unspecified atom stereocenters. The lowest BCUT2D eigenvalue weighted by Crippen LogP contribution is -2.28. The summed E-state index contributed by atoms with van der Waals surface area (Å²) in [4.78, 5) is 11.0. The van der Waals surface area contributed by atoms with E-state index in [1.165, 1.54) is 12.5 Å². The molecule has 0 N–H and O–H groups in total. The molecule has 1 atom stereocenters. The molecule has 1 aromatic carbocycles. The van der Waals surface area contributed by atoms with E-state index >= 15 is 0 Å². The fraction of sp³-hybridized carbons (Fsp3) is 0.357. The molecule has 16 heavy (non-hydrogen) atoms. The van der Waals surface area contributed by atoms with Crippen molar-refractivity contribution in [2.75, 3.05) is 0 Å². The van der Waals surface area contributed by atoms with Crippen LogP contribution in [0.25, 0.3) is 0 Å². The first-order valence-electron chi connectivity index (χ1n) is 5.43. The Morgan fingerprint density at radius 2 is 2.06 bits per heavy atom. The number of aryl methyl sites for hydroxylation is 1. The second-order valence-corrected chi connectivity index (χ2v) is 4.10. The van der Waals surface area contributed by atoms with Crippen molar-refractivity contribution in [1.29, 1.82) is 0 Å². The van der Waals surface area contributed by atoms with Crippen molar-refractivity contribution in [1.82, 2.24) is 0 Å². The summed E-state index contributed by atoms with van der Waals surface area (Å²) in [7, 11) is 0. The zero-order chi connectivity index (χ0) is 12.0. The van der Waals surface area contributed by atoms with E-state index in [1.807, 2.05) is 25.1 Å². The molecule has 0 saturated heterocycles. The number of benzene rings is 1. The van der Waals surface area contributed by atoms with Gasteiger partial charge in [0.2, 0.25) is 0 Å². The molecule has 0 aliphatic rings. The summed E-state index contributed by atoms with van der Waals surface area (Å²) in [5, 5.41) is 0. The van der Waals surface area contributed by atoms with Crippen LogP contribution in [0.2, 0.25) is 0 Å². The summed E-state index contributed by atoms with van der Waals surface area (Å²) in [6.45, 7) is 7.02. The molecule has 86 valence electrons. The largest absolute Gasteiger partial charge is 0.455 e. The van der Waals surface area contributed by atoms with Crippen LogP contribution >= 0.6 is 0 Å². The van der Waals surface area contributed by atoms with Crippen LogP contribution in [-0.4, -0.2) is 11.6 Å². The summed E-state index contributed by atoms with van der Waals surface area (Å²) >= 11 is 0. The first-order chi connectivity index (χ1) is 7.56. The van der Waals surface area contributed by atoms with Crippen LogP contribution in [0.4, 0.5) is 0 Å². The molecule has 1 rings (SSSR count). The van der Waals surface area contributed by atoms with Crippen LogP contribution in [0.15, 0.2) is 43.0 Å². The molecule has 1 aromatic rings. The van der Waals surface area contributed by atoms with E-state index in [4.69, 9.17) is 4.74 Å². The Morgan fingerprint density at radius 3 is 2.56 bits per heavy atom. The van der Waals surface area contributed by atoms with Crippen LogP contribution in [0, 0.1) is 0 Å². The van der Waals surface area contributed by atoms with Crippen molar-refractivity contribution in [3.8, 4) is 0 Å². The van der Waals surface area contributed by atoms with Gasteiger partial charge < -0.3 is 4.74 Å². The smallest absolute Gasteiger partial charge is 0.303 e. The van der Waals surface area contributed by atoms with Crippen LogP contribution < -0.4 is 0 Å². The molecule has 0 fully saturated rings. The lowest BCUT2D eigenvalue weighted by atomic mass is 9.96. The number of carbonyl (C=O) groups excluding carboxylic acids is 1. The van der Waals surface area contributed by atoms with Gasteiger partial charge in [-0.05, 0) is 31.4 Å². The van der Waals surface area contributed by atoms with Gasteiger partial charge in [0.25, 0.3) is 0 Å². The van der Waals surface area contributed by atoms with Crippen LogP contribution in [0.3, 0.4) is 0 Å². The average Bonchev–Trinajstić information content (AvgIpc) is 2.27. The van der Waals surface area contributed by atoms with Crippen molar-refractivity contribution in [2.45, 2.75) is 32.3 Å². The van der Waals surface area contributed by atoms with E-state index < -0.39 is 5.60 Å². The molecule has 0 amide bonds. The Bertz CT molecular complexity index is 356. The Kier molecular flexibility index (Phi) is 4.29. The number of hydrogen-bond acceptors (Lipinski definition) is 2. The molecule has 2 nitrogen and oxygen atoms in total. The van der Waals surface area contributed by atoms with E-state index in [2.05, 4.69) is 18.7 Å². The third kappa shape index (κ3) is 3.89. The molecule has 0 aromatic heterocycles. The molecule has 2 heteroatoms. The molecule has 0 aliphatic heterocycles. The highest BCUT2D eigenvalue weighted by atomic mass is 16.6. The fourth-order valence-corrected chi connectivity index (χ4v) is 1.56. The van der Waals surface area contributed by atoms with Gasteiger partial charge in [-0.2, -0.15) is 0 Å². The number of esters is 1. The van der Waals surface area contributed by atoms with Crippen molar-refractivity contribution in [3.05, 3.63) is 48.6 Å². The van der Waals surface area contributed by atoms with Crippen molar-refractivity contribution < 1.29 is 9.53 Å². The van der Waals surface area contributed by atoms with Crippen molar-refractivity contribution in [3.63, 3.8) is 0 Å². The van der Waals surface area contributed by atoms with E-state index in [0.29, 0.717) is 0 Å². The van der Waals surface area contributed by atoms with Crippen LogP contribution in [0.1, 0.15) is 25.8 Å². The SMILES string of the molecule is C=C[C@@](C)(CCc1ccccc1)OC(C)=O. The average molecular weight is 218 g/mol. The normalized spacial score (nSPS) is 13.9. The number of hydrogen-bond donors (Lipinski definition) is 0. The maximum atomic E-state index is 11.0. The maximum Gasteiger partial charge on any atom is 0.303 e. The predicted molar refractivity (Wildman–Crippen MR) is 65.1 cm³/mol. The summed E-state index contributed by atoms with van der Waals surface area (Å²) in [5.74, 6) is -0.268. The standard InChI is InChI=1S/C14H18O2/c1-4-14(3,16-12(2)15)11-10-13-8-6-5-7-9-13/h4-9H,1,10-11H2,2-3H3/t14-/m0/s1. The van der Waals surface area contributed by atoms with Gasteiger partial charge >= 0.3 is 5.97 Å². The van der Waals surface area contributed by atoms with Gasteiger partial charge in [-0.15, -0.1) is 0 Å². The Morgan fingerprint density at radius 1 is 1.44 bits per heavy atom. The van der Waals surface area contributed by atoms with Crippen molar-refractivity contribution in [2.24, 2.45) is 0 Å². The Labute approximate surface area is 96.9 Å². The second kappa shape index (κ2) is 5.50. The summed E-state index contributed by atoms with van der Waals surface area (Å²) in [5.41, 5.74) is 0.671. The molecule has 0 heterocycles. The minimum Gasteiger partial charge on any atom is -0.455 e. The summed E-state index contributed by atoms with van der Waals surface area (Å²) in [6.07, 6.45) is 3.31. The number of ether oxygens (including phenoxy) is 1. The highest BCUT2D eigenvalue weighted by Crippen LogP contribution is 2.20. The molecule has 0 spiro atoms. The minimum atomic E-state index is -0.568. The second-order valence-electron chi connectivity index (χ2n) is 4.10.